The summed E-state index contributed by atoms with van der Waals surface area (Å²) in [6, 6.07) is 7.96. The summed E-state index contributed by atoms with van der Waals surface area (Å²) in [6.45, 7) is 2.20. The van der Waals surface area contributed by atoms with Crippen molar-refractivity contribution in [3.05, 3.63) is 36.7 Å². The van der Waals surface area contributed by atoms with Gasteiger partial charge in [-0.05, 0) is 62.1 Å². The molecule has 152 valence electrons. The number of rotatable bonds is 5. The third-order valence-corrected chi connectivity index (χ3v) is 7.61. The van der Waals surface area contributed by atoms with Gasteiger partial charge in [0.25, 0.3) is 0 Å². The minimum absolute atomic E-state index is 0.136. The molecule has 1 spiro atoms. The van der Waals surface area contributed by atoms with Crippen molar-refractivity contribution in [1.29, 1.82) is 0 Å². The van der Waals surface area contributed by atoms with Crippen molar-refractivity contribution in [3.63, 3.8) is 0 Å². The van der Waals surface area contributed by atoms with Gasteiger partial charge < -0.3 is 10.2 Å². The Kier molecular flexibility index (Phi) is 5.20. The lowest BCUT2D eigenvalue weighted by atomic mass is 9.77. The lowest BCUT2D eigenvalue weighted by Crippen LogP contribution is -2.39. The zero-order chi connectivity index (χ0) is 19.7. The largest absolute Gasteiger partial charge is 0.355 e. The molecular formula is C23H28N4OS. The first-order chi connectivity index (χ1) is 14.2. The van der Waals surface area contributed by atoms with Crippen LogP contribution in [0.15, 0.2) is 46.6 Å². The van der Waals surface area contributed by atoms with E-state index >= 15 is 0 Å². The van der Waals surface area contributed by atoms with Crippen LogP contribution in [0.25, 0.3) is 0 Å². The molecule has 2 saturated carbocycles. The van der Waals surface area contributed by atoms with E-state index < -0.39 is 0 Å². The number of benzene rings is 1. The molecule has 0 bridgehead atoms. The van der Waals surface area contributed by atoms with E-state index in [1.165, 1.54) is 38.5 Å². The number of aromatic nitrogens is 2. The number of carbonyl (C=O) groups is 1. The maximum absolute atomic E-state index is 12.0. The summed E-state index contributed by atoms with van der Waals surface area (Å²) in [7, 11) is 0. The molecule has 2 aliphatic carbocycles. The van der Waals surface area contributed by atoms with Crippen molar-refractivity contribution in [2.24, 2.45) is 11.3 Å². The number of nitrogens with one attached hydrogen (secondary N) is 1. The number of carbonyl (C=O) groups excluding carboxylic acids is 1. The molecule has 1 saturated heterocycles. The van der Waals surface area contributed by atoms with E-state index in [2.05, 4.69) is 20.2 Å². The van der Waals surface area contributed by atoms with Gasteiger partial charge in [-0.25, -0.2) is 9.97 Å². The van der Waals surface area contributed by atoms with Crippen LogP contribution in [-0.4, -0.2) is 29.0 Å². The van der Waals surface area contributed by atoms with Crippen LogP contribution in [0.1, 0.15) is 51.4 Å². The Morgan fingerprint density at radius 3 is 2.55 bits per heavy atom. The predicted molar refractivity (Wildman–Crippen MR) is 116 cm³/mol. The third kappa shape index (κ3) is 4.42. The topological polar surface area (TPSA) is 58.1 Å². The van der Waals surface area contributed by atoms with Gasteiger partial charge in [0.1, 0.15) is 10.8 Å². The highest BCUT2D eigenvalue weighted by Crippen LogP contribution is 2.46. The molecule has 0 unspecified atom stereocenters. The highest BCUT2D eigenvalue weighted by molar-refractivity contribution is 7.99. The molecule has 2 heterocycles. The second-order valence-electron chi connectivity index (χ2n) is 8.80. The van der Waals surface area contributed by atoms with Gasteiger partial charge in [-0.2, -0.15) is 0 Å². The molecule has 0 radical (unpaired) electrons. The molecule has 3 fully saturated rings. The normalized spacial score (nSPS) is 20.8. The third-order valence-electron chi connectivity index (χ3n) is 6.70. The van der Waals surface area contributed by atoms with Gasteiger partial charge >= 0.3 is 0 Å². The van der Waals surface area contributed by atoms with Gasteiger partial charge in [0, 0.05) is 29.6 Å². The quantitative estimate of drug-likeness (QED) is 0.743. The minimum atomic E-state index is 0.136. The van der Waals surface area contributed by atoms with Crippen LogP contribution < -0.4 is 10.2 Å². The van der Waals surface area contributed by atoms with E-state index in [0.29, 0.717) is 5.41 Å². The molecule has 2 aromatic rings. The summed E-state index contributed by atoms with van der Waals surface area (Å²) in [5.74, 6) is 1.34. The molecule has 5 nitrogen and oxygen atoms in total. The number of amides is 1. The number of nitrogens with zero attached hydrogens (tertiary/aromatic N) is 3. The molecule has 1 N–H and O–H groups in total. The van der Waals surface area contributed by atoms with Gasteiger partial charge in [0.2, 0.25) is 5.91 Å². The van der Waals surface area contributed by atoms with Crippen molar-refractivity contribution >= 4 is 29.2 Å². The fourth-order valence-corrected chi connectivity index (χ4v) is 5.49. The first kappa shape index (κ1) is 18.9. The number of anilines is 2. The Morgan fingerprint density at radius 1 is 1.07 bits per heavy atom. The molecular weight excluding hydrogens is 380 g/mol. The van der Waals surface area contributed by atoms with Crippen LogP contribution >= 0.6 is 11.8 Å². The van der Waals surface area contributed by atoms with Crippen LogP contribution in [-0.2, 0) is 4.79 Å². The zero-order valence-electron chi connectivity index (χ0n) is 16.8. The van der Waals surface area contributed by atoms with Crippen molar-refractivity contribution in [3.8, 4) is 0 Å². The molecule has 1 aromatic carbocycles. The summed E-state index contributed by atoms with van der Waals surface area (Å²) in [4.78, 5) is 24.7. The summed E-state index contributed by atoms with van der Waals surface area (Å²) < 4.78 is 0. The minimum Gasteiger partial charge on any atom is -0.355 e. The van der Waals surface area contributed by atoms with Gasteiger partial charge in [0.05, 0.1) is 12.4 Å². The SMILES string of the molecule is O=C(Nc1cccc(Sc2cnc(N3CCC4(CCCC4)CC3)cn2)c1)C1CC1. The van der Waals surface area contributed by atoms with Crippen molar-refractivity contribution < 1.29 is 4.79 Å². The summed E-state index contributed by atoms with van der Waals surface area (Å²) in [5, 5.41) is 3.89. The number of hydrogen-bond acceptors (Lipinski definition) is 5. The average Bonchev–Trinajstić information content (AvgIpc) is 3.51. The molecule has 1 aliphatic heterocycles. The Bertz CT molecular complexity index is 865. The van der Waals surface area contributed by atoms with Gasteiger partial charge in [0.15, 0.2) is 0 Å². The first-order valence-corrected chi connectivity index (χ1v) is 11.7. The average molecular weight is 409 g/mol. The molecule has 6 heteroatoms. The Labute approximate surface area is 176 Å². The van der Waals surface area contributed by atoms with Crippen LogP contribution in [0, 0.1) is 11.3 Å². The zero-order valence-corrected chi connectivity index (χ0v) is 17.6. The maximum atomic E-state index is 12.0. The smallest absolute Gasteiger partial charge is 0.227 e. The van der Waals surface area contributed by atoms with Gasteiger partial charge in [-0.3, -0.25) is 4.79 Å². The number of hydrogen-bond donors (Lipinski definition) is 1. The highest BCUT2D eigenvalue weighted by Gasteiger charge is 2.37. The van der Waals surface area contributed by atoms with Crippen LogP contribution in [0.2, 0.25) is 0 Å². The lowest BCUT2D eigenvalue weighted by Gasteiger charge is -2.39. The van der Waals surface area contributed by atoms with Gasteiger partial charge in [-0.15, -0.1) is 0 Å². The van der Waals surface area contributed by atoms with E-state index in [-0.39, 0.29) is 11.8 Å². The van der Waals surface area contributed by atoms with E-state index in [1.54, 1.807) is 11.8 Å². The predicted octanol–water partition coefficient (Wildman–Crippen LogP) is 5.14. The summed E-state index contributed by atoms with van der Waals surface area (Å²) in [5.41, 5.74) is 1.48. The Hall–Kier alpha value is -2.08. The standard InChI is InChI=1S/C23H28N4OS/c28-22(17-6-7-17)26-18-4-3-5-19(14-18)29-21-16-24-20(15-25-21)27-12-10-23(11-13-27)8-1-2-9-23/h3-5,14-17H,1-2,6-13H2,(H,26,28). The van der Waals surface area contributed by atoms with Crippen LogP contribution in [0.5, 0.6) is 0 Å². The maximum Gasteiger partial charge on any atom is 0.227 e. The molecule has 1 amide bonds. The fourth-order valence-electron chi connectivity index (χ4n) is 4.71. The van der Waals surface area contributed by atoms with Crippen molar-refractivity contribution in [2.75, 3.05) is 23.3 Å². The molecule has 5 rings (SSSR count). The second-order valence-corrected chi connectivity index (χ2v) is 9.89. The van der Waals surface area contributed by atoms with Crippen molar-refractivity contribution in [1.82, 2.24) is 9.97 Å². The van der Waals surface area contributed by atoms with E-state index in [9.17, 15) is 4.79 Å². The van der Waals surface area contributed by atoms with E-state index in [0.717, 1.165) is 47.4 Å². The molecule has 0 atom stereocenters. The number of piperidine rings is 1. The second kappa shape index (κ2) is 7.98. The van der Waals surface area contributed by atoms with Crippen LogP contribution in [0.4, 0.5) is 11.5 Å². The monoisotopic (exact) mass is 408 g/mol. The van der Waals surface area contributed by atoms with Crippen LogP contribution in [0.3, 0.4) is 0 Å². The summed E-state index contributed by atoms with van der Waals surface area (Å²) >= 11 is 1.58. The molecule has 3 aliphatic rings. The van der Waals surface area contributed by atoms with E-state index in [4.69, 9.17) is 0 Å². The Balaban J connectivity index is 1.19. The van der Waals surface area contributed by atoms with Gasteiger partial charge in [-0.1, -0.05) is 30.7 Å². The molecule has 1 aromatic heterocycles. The van der Waals surface area contributed by atoms with Crippen molar-refractivity contribution in [2.45, 2.75) is 61.3 Å². The lowest BCUT2D eigenvalue weighted by molar-refractivity contribution is -0.117. The highest BCUT2D eigenvalue weighted by atomic mass is 32.2. The van der Waals surface area contributed by atoms with E-state index in [1.807, 2.05) is 36.7 Å². The first-order valence-electron chi connectivity index (χ1n) is 10.9. The molecule has 29 heavy (non-hydrogen) atoms. The summed E-state index contributed by atoms with van der Waals surface area (Å²) in [6.07, 6.45) is 14.1. The fraction of sp³-hybridized carbons (Fsp3) is 0.522. The Morgan fingerprint density at radius 2 is 1.86 bits per heavy atom.